The predicted octanol–water partition coefficient (Wildman–Crippen LogP) is 9.23. The number of ether oxygens (including phenoxy) is 1. The molecule has 0 saturated heterocycles. The van der Waals surface area contributed by atoms with Crippen LogP contribution in [0.4, 0.5) is 0 Å². The number of aromatic nitrogens is 3. The second-order valence-corrected chi connectivity index (χ2v) is 12.2. The topological polar surface area (TPSA) is 39.9 Å². The number of rotatable bonds is 4. The zero-order valence-corrected chi connectivity index (χ0v) is 26.5. The molecule has 0 aliphatic heterocycles. The van der Waals surface area contributed by atoms with Gasteiger partial charge < -0.3 is 9.30 Å². The molecule has 0 unspecified atom stereocenters. The summed E-state index contributed by atoms with van der Waals surface area (Å²) >= 11 is 0. The molecule has 0 bridgehead atoms. The average Bonchev–Trinajstić information content (AvgIpc) is 3.26. The summed E-state index contributed by atoms with van der Waals surface area (Å²) in [5.74, 6) is 2.10. The summed E-state index contributed by atoms with van der Waals surface area (Å²) in [4.78, 5) is 9.31. The summed E-state index contributed by atoms with van der Waals surface area (Å²) in [6.07, 6.45) is 3.66. The van der Waals surface area contributed by atoms with Gasteiger partial charge in [0, 0.05) is 35.3 Å². The molecule has 0 radical (unpaired) electrons. The normalized spacial score (nSPS) is 12.0. The standard InChI is InChI=1S/C36H33N3O.Pt/c1-35(2,3)29-19-21-38-34(33(29)36(4,5)6)39-30-15-8-7-14-27(30)28-18-17-25(23-31(28)39)24-12-11-13-26(22-24)40-32-16-9-10-20-37-32;/h7-21H,1-6H3;/q-2;+2. The van der Waals surface area contributed by atoms with Crippen LogP contribution in [0.3, 0.4) is 0 Å². The fourth-order valence-corrected chi connectivity index (χ4v) is 5.44. The van der Waals surface area contributed by atoms with Gasteiger partial charge in [-0.15, -0.1) is 18.2 Å². The van der Waals surface area contributed by atoms with Gasteiger partial charge >= 0.3 is 21.1 Å². The van der Waals surface area contributed by atoms with Gasteiger partial charge in [0.15, 0.2) is 0 Å². The van der Waals surface area contributed by atoms with Crippen LogP contribution in [0.25, 0.3) is 38.8 Å². The Morgan fingerprint density at radius 2 is 1.41 bits per heavy atom. The van der Waals surface area contributed by atoms with Gasteiger partial charge in [-0.2, -0.15) is 24.3 Å². The van der Waals surface area contributed by atoms with E-state index >= 15 is 0 Å². The predicted molar refractivity (Wildman–Crippen MR) is 163 cm³/mol. The maximum absolute atomic E-state index is 5.97. The van der Waals surface area contributed by atoms with Crippen LogP contribution in [0.15, 0.2) is 91.3 Å². The van der Waals surface area contributed by atoms with E-state index in [4.69, 9.17) is 9.72 Å². The molecule has 6 aromatic rings. The molecular formula is C36H33N3OPt. The molecule has 0 fully saturated rings. The fourth-order valence-electron chi connectivity index (χ4n) is 5.44. The molecule has 6 rings (SSSR count). The van der Waals surface area contributed by atoms with Gasteiger partial charge in [-0.25, -0.2) is 21.1 Å². The van der Waals surface area contributed by atoms with Crippen LogP contribution < -0.4 is 4.74 Å². The first-order valence-electron chi connectivity index (χ1n) is 13.7. The zero-order valence-electron chi connectivity index (χ0n) is 24.2. The van der Waals surface area contributed by atoms with Crippen LogP contribution in [0.1, 0.15) is 52.7 Å². The molecule has 0 amide bonds. The molecule has 0 aliphatic carbocycles. The van der Waals surface area contributed by atoms with Gasteiger partial charge in [0.2, 0.25) is 5.88 Å². The number of hydrogen-bond acceptors (Lipinski definition) is 3. The molecule has 5 heteroatoms. The Labute approximate surface area is 256 Å². The molecule has 3 heterocycles. The van der Waals surface area contributed by atoms with Crippen molar-refractivity contribution >= 4 is 21.8 Å². The van der Waals surface area contributed by atoms with E-state index in [1.54, 1.807) is 6.20 Å². The summed E-state index contributed by atoms with van der Waals surface area (Å²) in [6.45, 7) is 13.6. The smallest absolute Gasteiger partial charge is 0.460 e. The molecular weight excluding hydrogens is 685 g/mol. The molecule has 4 nitrogen and oxygen atoms in total. The van der Waals surface area contributed by atoms with Crippen molar-refractivity contribution in [2.24, 2.45) is 0 Å². The second kappa shape index (κ2) is 10.9. The summed E-state index contributed by atoms with van der Waals surface area (Å²) < 4.78 is 8.26. The third-order valence-corrected chi connectivity index (χ3v) is 7.20. The minimum Gasteiger partial charge on any atom is -0.460 e. The Morgan fingerprint density at radius 1 is 0.659 bits per heavy atom. The second-order valence-electron chi connectivity index (χ2n) is 12.2. The van der Waals surface area contributed by atoms with Crippen molar-refractivity contribution in [3.05, 3.63) is 115 Å². The third kappa shape index (κ3) is 5.46. The molecule has 3 aromatic heterocycles. The van der Waals surface area contributed by atoms with Crippen molar-refractivity contribution in [1.82, 2.24) is 14.5 Å². The number of para-hydroxylation sites is 1. The van der Waals surface area contributed by atoms with E-state index in [2.05, 4.69) is 106 Å². The summed E-state index contributed by atoms with van der Waals surface area (Å²) in [6, 6.07) is 33.7. The first-order valence-corrected chi connectivity index (χ1v) is 13.7. The van der Waals surface area contributed by atoms with Crippen LogP contribution >= 0.6 is 0 Å². The minimum atomic E-state index is -0.119. The van der Waals surface area contributed by atoms with Crippen molar-refractivity contribution in [3.63, 3.8) is 0 Å². The molecule has 0 spiro atoms. The van der Waals surface area contributed by atoms with Crippen LogP contribution in [0.5, 0.6) is 11.6 Å². The Hall–Kier alpha value is -3.75. The first kappa shape index (κ1) is 28.8. The summed E-state index contributed by atoms with van der Waals surface area (Å²) in [7, 11) is 0. The molecule has 208 valence electrons. The van der Waals surface area contributed by atoms with Gasteiger partial charge in [-0.05, 0) is 45.5 Å². The molecule has 0 atom stereocenters. The third-order valence-electron chi connectivity index (χ3n) is 7.20. The van der Waals surface area contributed by atoms with Gasteiger partial charge in [0.05, 0.1) is 0 Å². The molecule has 0 N–H and O–H groups in total. The van der Waals surface area contributed by atoms with Crippen molar-refractivity contribution in [1.29, 1.82) is 0 Å². The number of nitrogens with zero attached hydrogens (tertiary/aromatic N) is 3. The average molecular weight is 719 g/mol. The fraction of sp³-hybridized carbons (Fsp3) is 0.222. The maximum Gasteiger partial charge on any atom is 2.00 e. The van der Waals surface area contributed by atoms with Crippen molar-refractivity contribution in [3.8, 4) is 28.6 Å². The van der Waals surface area contributed by atoms with E-state index in [0.717, 1.165) is 33.4 Å². The van der Waals surface area contributed by atoms with Gasteiger partial charge in [-0.3, -0.25) is 0 Å². The molecule has 0 saturated carbocycles. The monoisotopic (exact) mass is 718 g/mol. The van der Waals surface area contributed by atoms with E-state index in [9.17, 15) is 0 Å². The Balaban J connectivity index is 0.00000337. The summed E-state index contributed by atoms with van der Waals surface area (Å²) in [5, 5.41) is 2.32. The van der Waals surface area contributed by atoms with Crippen molar-refractivity contribution in [2.75, 3.05) is 0 Å². The Bertz CT molecular complexity index is 1840. The SMILES string of the molecule is CC(C)(C)c1ccnc(-n2c3[c-]c(-c4[c-]c(Oc5ccccn5)ccc4)ccc3c3ccccc32)c1C(C)(C)C.[Pt+2]. The van der Waals surface area contributed by atoms with Crippen LogP contribution in [0, 0.1) is 12.1 Å². The largest absolute Gasteiger partial charge is 2.00 e. The maximum atomic E-state index is 5.97. The van der Waals surface area contributed by atoms with E-state index in [1.807, 2.05) is 42.6 Å². The molecule has 0 aliphatic rings. The molecule has 3 aromatic carbocycles. The number of fused-ring (bicyclic) bond motifs is 3. The Morgan fingerprint density at radius 3 is 2.15 bits per heavy atom. The van der Waals surface area contributed by atoms with E-state index in [1.165, 1.54) is 16.5 Å². The number of hydrogen-bond donors (Lipinski definition) is 0. The first-order chi connectivity index (χ1) is 19.1. The van der Waals surface area contributed by atoms with Crippen LogP contribution in [-0.2, 0) is 31.9 Å². The van der Waals surface area contributed by atoms with Gasteiger partial charge in [0.25, 0.3) is 0 Å². The number of pyridine rings is 2. The van der Waals surface area contributed by atoms with Crippen molar-refractivity contribution < 1.29 is 25.8 Å². The quantitative estimate of drug-likeness (QED) is 0.171. The van der Waals surface area contributed by atoms with E-state index < -0.39 is 0 Å². The zero-order chi connectivity index (χ0) is 28.1. The van der Waals surface area contributed by atoms with Crippen LogP contribution in [-0.4, -0.2) is 14.5 Å². The molecule has 41 heavy (non-hydrogen) atoms. The van der Waals surface area contributed by atoms with Gasteiger partial charge in [0.1, 0.15) is 5.82 Å². The van der Waals surface area contributed by atoms with Crippen LogP contribution in [0.2, 0.25) is 0 Å². The Kier molecular flexibility index (Phi) is 7.65. The van der Waals surface area contributed by atoms with E-state index in [0.29, 0.717) is 11.6 Å². The van der Waals surface area contributed by atoms with E-state index in [-0.39, 0.29) is 31.9 Å². The van der Waals surface area contributed by atoms with Crippen molar-refractivity contribution in [2.45, 2.75) is 52.4 Å². The van der Waals surface area contributed by atoms with Gasteiger partial charge in [-0.1, -0.05) is 71.2 Å². The number of benzene rings is 3. The minimum absolute atomic E-state index is 0. The summed E-state index contributed by atoms with van der Waals surface area (Å²) in [5.41, 5.74) is 6.36.